The molecule has 1 saturated carbocycles. The highest BCUT2D eigenvalue weighted by molar-refractivity contribution is 5.76. The van der Waals surface area contributed by atoms with E-state index in [0.717, 1.165) is 41.1 Å². The number of hydrogen-bond acceptors (Lipinski definition) is 4. The van der Waals surface area contributed by atoms with E-state index in [1.54, 1.807) is 0 Å². The Kier molecular flexibility index (Phi) is 5.35. The first-order chi connectivity index (χ1) is 14.3. The molecule has 1 aliphatic carbocycles. The molecular formula is C24H26N2O4. The maximum absolute atomic E-state index is 11.4. The van der Waals surface area contributed by atoms with Crippen LogP contribution in [0.25, 0.3) is 16.9 Å². The zero-order valence-electron chi connectivity index (χ0n) is 17.5. The number of aliphatic carboxylic acids is 1. The molecule has 1 aromatic heterocycles. The lowest BCUT2D eigenvalue weighted by Gasteiger charge is -2.19. The van der Waals surface area contributed by atoms with Crippen molar-refractivity contribution in [2.75, 3.05) is 0 Å². The lowest BCUT2D eigenvalue weighted by molar-refractivity contribution is -0.162. The van der Waals surface area contributed by atoms with Crippen LogP contribution in [0.5, 0.6) is 5.75 Å². The van der Waals surface area contributed by atoms with Crippen molar-refractivity contribution >= 4 is 5.97 Å². The molecule has 2 aromatic carbocycles. The Morgan fingerprint density at radius 1 is 1.17 bits per heavy atom. The fourth-order valence-electron chi connectivity index (χ4n) is 3.11. The monoisotopic (exact) mass is 406 g/mol. The normalized spacial score (nSPS) is 14.0. The van der Waals surface area contributed by atoms with E-state index < -0.39 is 11.6 Å². The minimum Gasteiger partial charge on any atom is -0.490 e. The Morgan fingerprint density at radius 2 is 1.93 bits per heavy atom. The number of benzene rings is 2. The maximum atomic E-state index is 11.4. The number of ether oxygens (including phenoxy) is 2. The van der Waals surface area contributed by atoms with Gasteiger partial charge < -0.3 is 14.6 Å². The number of carboxylic acid groups (broad SMARTS) is 1. The Balaban J connectivity index is 1.71. The number of nitrogens with zero attached hydrogens (tertiary/aromatic N) is 2. The molecule has 0 saturated heterocycles. The third kappa shape index (κ3) is 4.39. The van der Waals surface area contributed by atoms with E-state index in [-0.39, 0.29) is 6.61 Å². The summed E-state index contributed by atoms with van der Waals surface area (Å²) >= 11 is 0. The second-order valence-electron chi connectivity index (χ2n) is 8.17. The quantitative estimate of drug-likeness (QED) is 0.583. The van der Waals surface area contributed by atoms with Gasteiger partial charge in [0.05, 0.1) is 29.8 Å². The first kappa shape index (κ1) is 20.2. The third-order valence-corrected chi connectivity index (χ3v) is 5.16. The van der Waals surface area contributed by atoms with Gasteiger partial charge >= 0.3 is 5.97 Å². The standard InChI is InChI=1S/C24H26N2O4/c1-16-7-4-5-10-21(16)26-22(14-18(25-26)15-29-24(2,3)23(27)28)17-8-6-9-20(13-17)30-19-11-12-19/h4-10,13-14,19H,11-12,15H2,1-3H3,(H,27,28). The van der Waals surface area contributed by atoms with Crippen LogP contribution < -0.4 is 4.74 Å². The van der Waals surface area contributed by atoms with E-state index in [1.165, 1.54) is 13.8 Å². The average molecular weight is 406 g/mol. The van der Waals surface area contributed by atoms with Crippen molar-refractivity contribution in [3.63, 3.8) is 0 Å². The topological polar surface area (TPSA) is 73.6 Å². The van der Waals surface area contributed by atoms with Crippen LogP contribution in [0.4, 0.5) is 0 Å². The summed E-state index contributed by atoms with van der Waals surface area (Å²) in [5, 5.41) is 14.1. The third-order valence-electron chi connectivity index (χ3n) is 5.16. The number of hydrogen-bond donors (Lipinski definition) is 1. The molecule has 6 heteroatoms. The molecule has 1 fully saturated rings. The molecule has 0 unspecified atom stereocenters. The van der Waals surface area contributed by atoms with E-state index in [0.29, 0.717) is 11.8 Å². The molecule has 1 N–H and O–H groups in total. The van der Waals surface area contributed by atoms with Crippen LogP contribution in [0.1, 0.15) is 37.9 Å². The van der Waals surface area contributed by atoms with E-state index >= 15 is 0 Å². The summed E-state index contributed by atoms with van der Waals surface area (Å²) in [7, 11) is 0. The summed E-state index contributed by atoms with van der Waals surface area (Å²) in [5.74, 6) is -0.164. The van der Waals surface area contributed by atoms with Gasteiger partial charge in [-0.25, -0.2) is 9.48 Å². The summed E-state index contributed by atoms with van der Waals surface area (Å²) in [4.78, 5) is 11.4. The van der Waals surface area contributed by atoms with Crippen LogP contribution in [0.15, 0.2) is 54.6 Å². The second-order valence-corrected chi connectivity index (χ2v) is 8.17. The first-order valence-electron chi connectivity index (χ1n) is 10.1. The summed E-state index contributed by atoms with van der Waals surface area (Å²) < 4.78 is 13.5. The average Bonchev–Trinajstić information content (AvgIpc) is 3.42. The first-order valence-corrected chi connectivity index (χ1v) is 10.1. The Morgan fingerprint density at radius 3 is 2.63 bits per heavy atom. The smallest absolute Gasteiger partial charge is 0.335 e. The van der Waals surface area contributed by atoms with Crippen molar-refractivity contribution in [1.29, 1.82) is 0 Å². The zero-order valence-corrected chi connectivity index (χ0v) is 17.5. The van der Waals surface area contributed by atoms with E-state index in [1.807, 2.05) is 66.2 Å². The van der Waals surface area contributed by atoms with Crippen LogP contribution in [0.2, 0.25) is 0 Å². The fourth-order valence-corrected chi connectivity index (χ4v) is 3.11. The number of aromatic nitrogens is 2. The van der Waals surface area contributed by atoms with Crippen molar-refractivity contribution in [2.24, 2.45) is 0 Å². The maximum Gasteiger partial charge on any atom is 0.335 e. The summed E-state index contributed by atoms with van der Waals surface area (Å²) in [5.41, 5.74) is 3.31. The van der Waals surface area contributed by atoms with Crippen molar-refractivity contribution in [2.45, 2.75) is 51.9 Å². The molecule has 1 aliphatic rings. The van der Waals surface area contributed by atoms with Crippen LogP contribution in [-0.2, 0) is 16.1 Å². The number of carbonyl (C=O) groups is 1. The molecule has 4 rings (SSSR count). The largest absolute Gasteiger partial charge is 0.490 e. The van der Waals surface area contributed by atoms with Crippen LogP contribution in [0.3, 0.4) is 0 Å². The van der Waals surface area contributed by atoms with Gasteiger partial charge in [-0.15, -0.1) is 0 Å². The molecule has 0 bridgehead atoms. The molecule has 30 heavy (non-hydrogen) atoms. The predicted molar refractivity (Wildman–Crippen MR) is 114 cm³/mol. The molecule has 0 aliphatic heterocycles. The summed E-state index contributed by atoms with van der Waals surface area (Å²) in [6.45, 7) is 5.21. The summed E-state index contributed by atoms with van der Waals surface area (Å²) in [6, 6.07) is 18.0. The molecular weight excluding hydrogens is 380 g/mol. The number of aryl methyl sites for hydroxylation is 1. The molecule has 0 spiro atoms. The molecule has 3 aromatic rings. The van der Waals surface area contributed by atoms with E-state index in [4.69, 9.17) is 14.6 Å². The Bertz CT molecular complexity index is 1070. The Labute approximate surface area is 176 Å². The zero-order chi connectivity index (χ0) is 21.3. The van der Waals surface area contributed by atoms with Gasteiger partial charge in [0, 0.05) is 5.56 Å². The predicted octanol–water partition coefficient (Wildman–Crippen LogP) is 4.77. The van der Waals surface area contributed by atoms with E-state index in [9.17, 15) is 9.90 Å². The van der Waals surface area contributed by atoms with Gasteiger partial charge in [-0.2, -0.15) is 5.10 Å². The number of rotatable bonds is 8. The fraction of sp³-hybridized carbons (Fsp3) is 0.333. The van der Waals surface area contributed by atoms with Gasteiger partial charge in [0.2, 0.25) is 0 Å². The molecule has 1 heterocycles. The van der Waals surface area contributed by atoms with Gasteiger partial charge in [0.25, 0.3) is 0 Å². The lowest BCUT2D eigenvalue weighted by Crippen LogP contribution is -2.34. The van der Waals surface area contributed by atoms with Gasteiger partial charge in [0.1, 0.15) is 5.75 Å². The van der Waals surface area contributed by atoms with Crippen LogP contribution in [-0.4, -0.2) is 32.6 Å². The van der Waals surface area contributed by atoms with Gasteiger partial charge in [-0.3, -0.25) is 0 Å². The highest BCUT2D eigenvalue weighted by Gasteiger charge is 2.28. The van der Waals surface area contributed by atoms with Crippen molar-refractivity contribution in [3.05, 3.63) is 65.9 Å². The molecule has 6 nitrogen and oxygen atoms in total. The molecule has 0 radical (unpaired) electrons. The van der Waals surface area contributed by atoms with Crippen molar-refractivity contribution < 1.29 is 19.4 Å². The SMILES string of the molecule is Cc1ccccc1-n1nc(COC(C)(C)C(=O)O)cc1-c1cccc(OC2CC2)c1. The van der Waals surface area contributed by atoms with Gasteiger partial charge in [-0.05, 0) is 63.4 Å². The van der Waals surface area contributed by atoms with Crippen molar-refractivity contribution in [1.82, 2.24) is 9.78 Å². The Hall–Kier alpha value is -3.12. The van der Waals surface area contributed by atoms with Crippen LogP contribution >= 0.6 is 0 Å². The van der Waals surface area contributed by atoms with Crippen molar-refractivity contribution in [3.8, 4) is 22.7 Å². The highest BCUT2D eigenvalue weighted by atomic mass is 16.5. The minimum atomic E-state index is -1.29. The number of carboxylic acids is 1. The second kappa shape index (κ2) is 7.95. The van der Waals surface area contributed by atoms with E-state index in [2.05, 4.69) is 0 Å². The minimum absolute atomic E-state index is 0.101. The number of para-hydroxylation sites is 1. The molecule has 156 valence electrons. The molecule has 0 atom stereocenters. The highest BCUT2D eigenvalue weighted by Crippen LogP contribution is 2.32. The molecule has 0 amide bonds. The lowest BCUT2D eigenvalue weighted by atomic mass is 10.1. The van der Waals surface area contributed by atoms with Gasteiger partial charge in [0.15, 0.2) is 5.60 Å². The van der Waals surface area contributed by atoms with Gasteiger partial charge in [-0.1, -0.05) is 30.3 Å². The van der Waals surface area contributed by atoms with Crippen LogP contribution in [0, 0.1) is 6.92 Å². The summed E-state index contributed by atoms with van der Waals surface area (Å²) in [6.07, 6.45) is 2.53.